The normalized spacial score (nSPS) is 22.8. The largest absolute Gasteiger partial charge is 0.358 e. The van der Waals surface area contributed by atoms with Gasteiger partial charge in [-0.3, -0.25) is 4.90 Å². The average molecular weight is 347 g/mol. The van der Waals surface area contributed by atoms with Gasteiger partial charge in [0.05, 0.1) is 11.5 Å². The van der Waals surface area contributed by atoms with Crippen molar-refractivity contribution in [2.24, 2.45) is 0 Å². The van der Waals surface area contributed by atoms with Gasteiger partial charge >= 0.3 is 0 Å². The highest BCUT2D eigenvalue weighted by atomic mass is 32.2. The first kappa shape index (κ1) is 16.1. The van der Waals surface area contributed by atoms with Crippen molar-refractivity contribution < 1.29 is 8.42 Å². The van der Waals surface area contributed by atoms with Crippen LogP contribution in [-0.2, 0) is 16.4 Å². The summed E-state index contributed by atoms with van der Waals surface area (Å²) in [6.07, 6.45) is 2.39. The zero-order chi connectivity index (χ0) is 16.6. The van der Waals surface area contributed by atoms with E-state index in [2.05, 4.69) is 39.5 Å². The van der Waals surface area contributed by atoms with Crippen molar-refractivity contribution >= 4 is 20.7 Å². The van der Waals surface area contributed by atoms with Crippen molar-refractivity contribution in [3.8, 4) is 0 Å². The lowest BCUT2D eigenvalue weighted by Crippen LogP contribution is -2.39. The molecule has 1 aromatic heterocycles. The van der Waals surface area contributed by atoms with Gasteiger partial charge in [-0.25, -0.2) is 8.42 Å². The van der Waals surface area contributed by atoms with E-state index in [9.17, 15) is 8.42 Å². The Labute approximate surface area is 143 Å². The van der Waals surface area contributed by atoms with Gasteiger partial charge < -0.3 is 10.3 Å². The van der Waals surface area contributed by atoms with Crippen LogP contribution in [0.1, 0.15) is 30.0 Å². The predicted molar refractivity (Wildman–Crippen MR) is 97.1 cm³/mol. The van der Waals surface area contributed by atoms with E-state index in [1.165, 1.54) is 35.0 Å². The Bertz CT molecular complexity index is 808. The van der Waals surface area contributed by atoms with Crippen LogP contribution in [0.4, 0.5) is 0 Å². The molecule has 2 saturated heterocycles. The second-order valence-corrected chi connectivity index (χ2v) is 9.40. The first-order valence-electron chi connectivity index (χ1n) is 8.84. The number of aromatic nitrogens is 1. The Morgan fingerprint density at radius 2 is 1.83 bits per heavy atom. The lowest BCUT2D eigenvalue weighted by atomic mass is 9.95. The van der Waals surface area contributed by atoms with Crippen molar-refractivity contribution in [3.63, 3.8) is 0 Å². The molecule has 0 spiro atoms. The Morgan fingerprint density at radius 1 is 1.08 bits per heavy atom. The van der Waals surface area contributed by atoms with Crippen LogP contribution >= 0.6 is 0 Å². The number of piperidine rings is 1. The minimum atomic E-state index is -2.80. The molecule has 2 N–H and O–H groups in total. The molecule has 0 saturated carbocycles. The highest BCUT2D eigenvalue weighted by Gasteiger charge is 2.22. The van der Waals surface area contributed by atoms with E-state index in [4.69, 9.17) is 0 Å². The molecule has 0 radical (unpaired) electrons. The van der Waals surface area contributed by atoms with Crippen LogP contribution in [0.2, 0.25) is 0 Å². The van der Waals surface area contributed by atoms with E-state index in [1.54, 1.807) is 0 Å². The van der Waals surface area contributed by atoms with Gasteiger partial charge in [0.25, 0.3) is 0 Å². The van der Waals surface area contributed by atoms with Crippen LogP contribution in [0.25, 0.3) is 10.9 Å². The molecular weight excluding hydrogens is 322 g/mol. The lowest BCUT2D eigenvalue weighted by Gasteiger charge is -2.26. The summed E-state index contributed by atoms with van der Waals surface area (Å²) in [6, 6.07) is 8.87. The molecular formula is C18H25N3O2S. The number of nitrogens with one attached hydrogen (secondary N) is 2. The average Bonchev–Trinajstić information content (AvgIpc) is 3.01. The maximum Gasteiger partial charge on any atom is 0.152 e. The number of hydrogen-bond acceptors (Lipinski definition) is 4. The number of rotatable bonds is 3. The van der Waals surface area contributed by atoms with Gasteiger partial charge in [0.15, 0.2) is 9.84 Å². The van der Waals surface area contributed by atoms with Crippen LogP contribution in [0, 0.1) is 0 Å². The van der Waals surface area contributed by atoms with E-state index in [0.29, 0.717) is 30.5 Å². The molecule has 2 aliphatic rings. The standard InChI is InChI=1S/C18H25N3O2S/c22-24(23)9-7-21(8-10-24)13-14-1-2-17-16(11-14)12-18(20-17)15-3-5-19-6-4-15/h1-2,11-12,15,19-20H,3-10,13H2. The second kappa shape index (κ2) is 6.50. The van der Waals surface area contributed by atoms with Crippen molar-refractivity contribution in [2.75, 3.05) is 37.7 Å². The molecule has 2 fully saturated rings. The topological polar surface area (TPSA) is 65.2 Å². The minimum Gasteiger partial charge on any atom is -0.358 e. The number of benzene rings is 1. The summed E-state index contributed by atoms with van der Waals surface area (Å²) in [5, 5.41) is 4.69. The van der Waals surface area contributed by atoms with Gasteiger partial charge in [-0.05, 0) is 55.1 Å². The van der Waals surface area contributed by atoms with Crippen LogP contribution < -0.4 is 5.32 Å². The van der Waals surface area contributed by atoms with Crippen LogP contribution in [-0.4, -0.2) is 56.0 Å². The van der Waals surface area contributed by atoms with E-state index in [-0.39, 0.29) is 0 Å². The van der Waals surface area contributed by atoms with E-state index in [0.717, 1.165) is 19.6 Å². The molecule has 1 aromatic carbocycles. The van der Waals surface area contributed by atoms with Crippen LogP contribution in [0.3, 0.4) is 0 Å². The Kier molecular flexibility index (Phi) is 4.37. The monoisotopic (exact) mass is 347 g/mol. The molecule has 2 aliphatic heterocycles. The van der Waals surface area contributed by atoms with Gasteiger partial charge in [-0.15, -0.1) is 0 Å². The summed E-state index contributed by atoms with van der Waals surface area (Å²) in [4.78, 5) is 5.82. The maximum absolute atomic E-state index is 11.5. The molecule has 0 aliphatic carbocycles. The number of sulfone groups is 1. The van der Waals surface area contributed by atoms with Gasteiger partial charge in [0.1, 0.15) is 0 Å². The van der Waals surface area contributed by atoms with Crippen LogP contribution in [0.5, 0.6) is 0 Å². The summed E-state index contributed by atoms with van der Waals surface area (Å²) in [5.74, 6) is 1.22. The SMILES string of the molecule is O=S1(=O)CCN(Cc2ccc3[nH]c(C4CCNCC4)cc3c2)CC1. The first-order chi connectivity index (χ1) is 11.6. The summed E-state index contributed by atoms with van der Waals surface area (Å²) >= 11 is 0. The molecule has 5 nitrogen and oxygen atoms in total. The Morgan fingerprint density at radius 3 is 2.58 bits per heavy atom. The van der Waals surface area contributed by atoms with Crippen LogP contribution in [0.15, 0.2) is 24.3 Å². The minimum absolute atomic E-state index is 0.291. The Balaban J connectivity index is 1.48. The molecule has 0 bridgehead atoms. The fourth-order valence-electron chi connectivity index (χ4n) is 3.82. The summed E-state index contributed by atoms with van der Waals surface area (Å²) in [5.41, 5.74) is 3.82. The Hall–Kier alpha value is -1.37. The van der Waals surface area contributed by atoms with Gasteiger partial charge in [-0.2, -0.15) is 0 Å². The number of nitrogens with zero attached hydrogens (tertiary/aromatic N) is 1. The molecule has 4 rings (SSSR count). The third-order valence-electron chi connectivity index (χ3n) is 5.33. The molecule has 130 valence electrons. The zero-order valence-electron chi connectivity index (χ0n) is 13.9. The fraction of sp³-hybridized carbons (Fsp3) is 0.556. The van der Waals surface area contributed by atoms with Crippen molar-refractivity contribution in [1.29, 1.82) is 0 Å². The van der Waals surface area contributed by atoms with E-state index in [1.807, 2.05) is 0 Å². The molecule has 0 unspecified atom stereocenters. The number of fused-ring (bicyclic) bond motifs is 1. The van der Waals surface area contributed by atoms with E-state index < -0.39 is 9.84 Å². The molecule has 2 aromatic rings. The summed E-state index contributed by atoms with van der Waals surface area (Å²) in [7, 11) is -2.80. The lowest BCUT2D eigenvalue weighted by molar-refractivity contribution is 0.288. The summed E-state index contributed by atoms with van der Waals surface area (Å²) in [6.45, 7) is 4.33. The van der Waals surface area contributed by atoms with Crippen molar-refractivity contribution in [3.05, 3.63) is 35.5 Å². The highest BCUT2D eigenvalue weighted by molar-refractivity contribution is 7.91. The molecule has 0 amide bonds. The van der Waals surface area contributed by atoms with Gasteiger partial charge in [-0.1, -0.05) is 6.07 Å². The van der Waals surface area contributed by atoms with Gasteiger partial charge in [0.2, 0.25) is 0 Å². The smallest absolute Gasteiger partial charge is 0.152 e. The third-order valence-corrected chi connectivity index (χ3v) is 6.94. The first-order valence-corrected chi connectivity index (χ1v) is 10.7. The maximum atomic E-state index is 11.5. The molecule has 24 heavy (non-hydrogen) atoms. The van der Waals surface area contributed by atoms with E-state index >= 15 is 0 Å². The second-order valence-electron chi connectivity index (χ2n) is 7.10. The number of hydrogen-bond donors (Lipinski definition) is 2. The number of H-pyrrole nitrogens is 1. The van der Waals surface area contributed by atoms with Gasteiger partial charge in [0, 0.05) is 36.8 Å². The molecule has 0 atom stereocenters. The third kappa shape index (κ3) is 3.50. The summed E-state index contributed by atoms with van der Waals surface area (Å²) < 4.78 is 23.1. The zero-order valence-corrected chi connectivity index (χ0v) is 14.7. The molecule has 6 heteroatoms. The molecule has 3 heterocycles. The number of aromatic amines is 1. The fourth-order valence-corrected chi connectivity index (χ4v) is 5.10. The highest BCUT2D eigenvalue weighted by Crippen LogP contribution is 2.28. The van der Waals surface area contributed by atoms with Crippen molar-refractivity contribution in [2.45, 2.75) is 25.3 Å². The quantitative estimate of drug-likeness (QED) is 0.890. The van der Waals surface area contributed by atoms with Crippen molar-refractivity contribution in [1.82, 2.24) is 15.2 Å². The predicted octanol–water partition coefficient (Wildman–Crippen LogP) is 1.87.